The first-order valence-corrected chi connectivity index (χ1v) is 8.09. The number of benzene rings is 1. The first-order chi connectivity index (χ1) is 12.2. The summed E-state index contributed by atoms with van der Waals surface area (Å²) in [6.45, 7) is 0.593. The van der Waals surface area contributed by atoms with E-state index in [0.29, 0.717) is 24.7 Å². The molecular weight excluding hydrogens is 321 g/mol. The van der Waals surface area contributed by atoms with Crippen molar-refractivity contribution < 1.29 is 9.18 Å². The van der Waals surface area contributed by atoms with Gasteiger partial charge in [-0.15, -0.1) is 10.2 Å². The fourth-order valence-electron chi connectivity index (χ4n) is 3.06. The van der Waals surface area contributed by atoms with Crippen LogP contribution in [0, 0.1) is 11.7 Å². The standard InChI is InChI=1S/C18H16FN5O/c19-15-3-1-12(2-4-15)11-14-7-10-24(17(14)25)18-21-16(22-23-18)13-5-8-20-9-6-13/h1-6,8-9,14H,7,10-11H2,(H,21,22,23)/t14-/m1/s1. The van der Waals surface area contributed by atoms with Crippen molar-refractivity contribution in [1.82, 2.24) is 20.2 Å². The molecule has 0 radical (unpaired) electrons. The van der Waals surface area contributed by atoms with Crippen LogP contribution in [-0.2, 0) is 11.2 Å². The normalized spacial score (nSPS) is 17.2. The van der Waals surface area contributed by atoms with Crippen LogP contribution in [0.15, 0.2) is 48.8 Å². The quantitative estimate of drug-likeness (QED) is 0.794. The molecule has 7 heteroatoms. The Morgan fingerprint density at radius 3 is 2.64 bits per heavy atom. The minimum atomic E-state index is -0.270. The van der Waals surface area contributed by atoms with Gasteiger partial charge < -0.3 is 4.98 Å². The molecular formula is C18H16FN5O. The van der Waals surface area contributed by atoms with Crippen molar-refractivity contribution in [2.75, 3.05) is 11.4 Å². The van der Waals surface area contributed by atoms with Gasteiger partial charge in [0.15, 0.2) is 5.82 Å². The minimum Gasteiger partial charge on any atom is -0.307 e. The van der Waals surface area contributed by atoms with E-state index in [0.717, 1.165) is 17.5 Å². The zero-order valence-corrected chi connectivity index (χ0v) is 13.4. The Balaban J connectivity index is 1.48. The third-order valence-electron chi connectivity index (χ3n) is 4.40. The Bertz CT molecular complexity index is 878. The molecule has 1 saturated heterocycles. The largest absolute Gasteiger partial charge is 0.307 e. The number of nitrogens with zero attached hydrogens (tertiary/aromatic N) is 4. The lowest BCUT2D eigenvalue weighted by atomic mass is 9.98. The number of aromatic nitrogens is 4. The molecule has 0 saturated carbocycles. The zero-order valence-electron chi connectivity index (χ0n) is 13.4. The number of halogens is 1. The van der Waals surface area contributed by atoms with Gasteiger partial charge in [-0.25, -0.2) is 4.39 Å². The molecule has 1 aliphatic heterocycles. The topological polar surface area (TPSA) is 74.8 Å². The van der Waals surface area contributed by atoms with Gasteiger partial charge in [0, 0.05) is 30.4 Å². The summed E-state index contributed by atoms with van der Waals surface area (Å²) >= 11 is 0. The molecule has 3 aromatic rings. The number of hydrogen-bond donors (Lipinski definition) is 1. The predicted octanol–water partition coefficient (Wildman–Crippen LogP) is 2.60. The van der Waals surface area contributed by atoms with Crippen LogP contribution >= 0.6 is 0 Å². The minimum absolute atomic E-state index is 0.0155. The SMILES string of the molecule is O=C1[C@@H](Cc2ccc(F)cc2)CCN1c1nnc(-c2ccncc2)[nH]1. The summed E-state index contributed by atoms with van der Waals surface area (Å²) in [6, 6.07) is 9.94. The molecule has 0 bridgehead atoms. The molecule has 1 amide bonds. The molecule has 0 unspecified atom stereocenters. The smallest absolute Gasteiger partial charge is 0.232 e. The monoisotopic (exact) mass is 337 g/mol. The lowest BCUT2D eigenvalue weighted by Crippen LogP contribution is -2.28. The maximum Gasteiger partial charge on any atom is 0.232 e. The Morgan fingerprint density at radius 1 is 1.12 bits per heavy atom. The van der Waals surface area contributed by atoms with Crippen LogP contribution < -0.4 is 4.90 Å². The van der Waals surface area contributed by atoms with Crippen molar-refractivity contribution in [3.05, 3.63) is 60.2 Å². The van der Waals surface area contributed by atoms with Gasteiger partial charge in [-0.05, 0) is 42.7 Å². The summed E-state index contributed by atoms with van der Waals surface area (Å²) in [5.74, 6) is 0.681. The van der Waals surface area contributed by atoms with Crippen LogP contribution in [0.1, 0.15) is 12.0 Å². The van der Waals surface area contributed by atoms with Crippen molar-refractivity contribution >= 4 is 11.9 Å². The average Bonchev–Trinajstić information content (AvgIpc) is 3.25. The number of H-pyrrole nitrogens is 1. The third kappa shape index (κ3) is 3.13. The number of anilines is 1. The third-order valence-corrected chi connectivity index (χ3v) is 4.40. The van der Waals surface area contributed by atoms with Crippen LogP contribution in [0.3, 0.4) is 0 Å². The first-order valence-electron chi connectivity index (χ1n) is 8.09. The van der Waals surface area contributed by atoms with Crippen molar-refractivity contribution in [3.8, 4) is 11.4 Å². The van der Waals surface area contributed by atoms with E-state index in [1.54, 1.807) is 29.4 Å². The second-order valence-electron chi connectivity index (χ2n) is 6.04. The highest BCUT2D eigenvalue weighted by atomic mass is 19.1. The number of nitrogens with one attached hydrogen (secondary N) is 1. The van der Waals surface area contributed by atoms with Crippen molar-refractivity contribution in [2.45, 2.75) is 12.8 Å². The summed E-state index contributed by atoms with van der Waals surface area (Å²) in [4.78, 5) is 21.4. The van der Waals surface area contributed by atoms with Gasteiger partial charge in [-0.2, -0.15) is 0 Å². The second-order valence-corrected chi connectivity index (χ2v) is 6.04. The van der Waals surface area contributed by atoms with Crippen LogP contribution in [-0.4, -0.2) is 32.6 Å². The Labute approximate surface area is 143 Å². The van der Waals surface area contributed by atoms with Crippen LogP contribution in [0.2, 0.25) is 0 Å². The number of pyridine rings is 1. The molecule has 0 aliphatic carbocycles. The summed E-state index contributed by atoms with van der Waals surface area (Å²) in [5, 5.41) is 8.22. The predicted molar refractivity (Wildman–Crippen MR) is 90.2 cm³/mol. The lowest BCUT2D eigenvalue weighted by molar-refractivity contribution is -0.120. The Kier molecular flexibility index (Phi) is 3.97. The number of hydrogen-bond acceptors (Lipinski definition) is 4. The van der Waals surface area contributed by atoms with E-state index in [1.165, 1.54) is 12.1 Å². The van der Waals surface area contributed by atoms with Gasteiger partial charge in [-0.1, -0.05) is 12.1 Å². The molecule has 3 heterocycles. The molecule has 1 aromatic carbocycles. The molecule has 0 spiro atoms. The number of carbonyl (C=O) groups is 1. The molecule has 25 heavy (non-hydrogen) atoms. The van der Waals surface area contributed by atoms with E-state index in [2.05, 4.69) is 20.2 Å². The average molecular weight is 337 g/mol. The van der Waals surface area contributed by atoms with Gasteiger partial charge >= 0.3 is 0 Å². The van der Waals surface area contributed by atoms with E-state index >= 15 is 0 Å². The Hall–Kier alpha value is -3.09. The molecule has 1 N–H and O–H groups in total. The van der Waals surface area contributed by atoms with E-state index < -0.39 is 0 Å². The van der Waals surface area contributed by atoms with Gasteiger partial charge in [-0.3, -0.25) is 14.7 Å². The van der Waals surface area contributed by atoms with Crippen LogP contribution in [0.4, 0.5) is 10.3 Å². The molecule has 6 nitrogen and oxygen atoms in total. The number of rotatable bonds is 4. The highest BCUT2D eigenvalue weighted by Gasteiger charge is 2.34. The Morgan fingerprint density at radius 2 is 1.88 bits per heavy atom. The summed E-state index contributed by atoms with van der Waals surface area (Å²) in [7, 11) is 0. The molecule has 126 valence electrons. The lowest BCUT2D eigenvalue weighted by Gasteiger charge is -2.13. The van der Waals surface area contributed by atoms with Crippen molar-refractivity contribution in [2.24, 2.45) is 5.92 Å². The summed E-state index contributed by atoms with van der Waals surface area (Å²) in [6.07, 6.45) is 4.69. The fraction of sp³-hybridized carbons (Fsp3) is 0.222. The maximum absolute atomic E-state index is 13.0. The van der Waals surface area contributed by atoms with Crippen molar-refractivity contribution in [1.29, 1.82) is 0 Å². The molecule has 1 atom stereocenters. The highest BCUT2D eigenvalue weighted by molar-refractivity contribution is 5.95. The van der Waals surface area contributed by atoms with Gasteiger partial charge in [0.1, 0.15) is 5.82 Å². The number of amides is 1. The highest BCUT2D eigenvalue weighted by Crippen LogP contribution is 2.26. The first kappa shape index (κ1) is 15.4. The second kappa shape index (κ2) is 6.43. The maximum atomic E-state index is 13.0. The van der Waals surface area contributed by atoms with E-state index in [4.69, 9.17) is 0 Å². The summed E-state index contributed by atoms with van der Waals surface area (Å²) < 4.78 is 13.0. The van der Waals surface area contributed by atoms with E-state index in [1.807, 2.05) is 12.1 Å². The molecule has 2 aromatic heterocycles. The molecule has 1 aliphatic rings. The zero-order chi connectivity index (χ0) is 17.2. The van der Waals surface area contributed by atoms with Crippen LogP contribution in [0.25, 0.3) is 11.4 Å². The summed E-state index contributed by atoms with van der Waals surface area (Å²) in [5.41, 5.74) is 1.82. The van der Waals surface area contributed by atoms with Gasteiger partial charge in [0.25, 0.3) is 0 Å². The molecule has 1 fully saturated rings. The number of carbonyl (C=O) groups excluding carboxylic acids is 1. The van der Waals surface area contributed by atoms with Gasteiger partial charge in [0.2, 0.25) is 11.9 Å². The van der Waals surface area contributed by atoms with Crippen molar-refractivity contribution in [3.63, 3.8) is 0 Å². The van der Waals surface area contributed by atoms with Gasteiger partial charge in [0.05, 0.1) is 0 Å². The molecule has 4 rings (SSSR count). The van der Waals surface area contributed by atoms with E-state index in [9.17, 15) is 9.18 Å². The van der Waals surface area contributed by atoms with Crippen LogP contribution in [0.5, 0.6) is 0 Å². The fourth-order valence-corrected chi connectivity index (χ4v) is 3.06. The van der Waals surface area contributed by atoms with E-state index in [-0.39, 0.29) is 17.6 Å². The number of aromatic amines is 1.